The minimum atomic E-state index is -5.00. The zero-order valence-electron chi connectivity index (χ0n) is 21.0. The van der Waals surface area contributed by atoms with Crippen LogP contribution >= 0.6 is 0 Å². The van der Waals surface area contributed by atoms with E-state index in [0.29, 0.717) is 34.1 Å². The Kier molecular flexibility index (Phi) is 6.84. The summed E-state index contributed by atoms with van der Waals surface area (Å²) in [5.74, 6) is -1.10. The van der Waals surface area contributed by atoms with E-state index >= 15 is 0 Å². The topological polar surface area (TPSA) is 122 Å². The summed E-state index contributed by atoms with van der Waals surface area (Å²) in [4.78, 5) is 15.3. The lowest BCUT2D eigenvalue weighted by atomic mass is 10.00. The third-order valence-corrected chi connectivity index (χ3v) is 8.08. The third kappa shape index (κ3) is 5.34. The molecular formula is C25H25F3N6O4S. The van der Waals surface area contributed by atoms with E-state index in [1.54, 1.807) is 23.6 Å². The molecule has 2 aromatic heterocycles. The summed E-state index contributed by atoms with van der Waals surface area (Å²) in [5, 5.41) is 9.25. The Labute approximate surface area is 221 Å². The normalized spacial score (nSPS) is 14.8. The predicted molar refractivity (Wildman–Crippen MR) is 134 cm³/mol. The number of carbonyl (C=O) groups excluding carboxylic acids is 1. The van der Waals surface area contributed by atoms with Crippen LogP contribution in [0.4, 0.5) is 13.2 Å². The second kappa shape index (κ2) is 10.0. The second-order valence-electron chi connectivity index (χ2n) is 9.16. The molecule has 0 radical (unpaired) electrons. The van der Waals surface area contributed by atoms with Gasteiger partial charge in [0.25, 0.3) is 0 Å². The van der Waals surface area contributed by atoms with E-state index in [4.69, 9.17) is 4.74 Å². The van der Waals surface area contributed by atoms with Crippen LogP contribution in [0.25, 0.3) is 10.9 Å². The number of hydrogen-bond donors (Lipinski definition) is 2. The van der Waals surface area contributed by atoms with Crippen LogP contribution in [0.15, 0.2) is 53.6 Å². The highest BCUT2D eigenvalue weighted by atomic mass is 32.2. The molecule has 5 rings (SSSR count). The van der Waals surface area contributed by atoms with Gasteiger partial charge in [0.05, 0.1) is 10.9 Å². The van der Waals surface area contributed by atoms with Gasteiger partial charge in [-0.3, -0.25) is 9.36 Å². The van der Waals surface area contributed by atoms with Gasteiger partial charge in [0.15, 0.2) is 5.82 Å². The highest BCUT2D eigenvalue weighted by Crippen LogP contribution is 2.29. The number of sulfonamides is 1. The molecule has 0 bridgehead atoms. The van der Waals surface area contributed by atoms with Crippen LogP contribution in [0.3, 0.4) is 0 Å². The maximum absolute atomic E-state index is 13.2. The first-order chi connectivity index (χ1) is 18.5. The van der Waals surface area contributed by atoms with Crippen molar-refractivity contribution in [1.82, 2.24) is 29.4 Å². The van der Waals surface area contributed by atoms with E-state index in [1.165, 1.54) is 12.1 Å². The van der Waals surface area contributed by atoms with Gasteiger partial charge in [0.1, 0.15) is 5.75 Å². The Balaban J connectivity index is 1.34. The van der Waals surface area contributed by atoms with Gasteiger partial charge >= 0.3 is 18.1 Å². The van der Waals surface area contributed by atoms with Crippen molar-refractivity contribution in [2.75, 3.05) is 6.54 Å². The number of amides is 1. The molecule has 39 heavy (non-hydrogen) atoms. The van der Waals surface area contributed by atoms with Crippen molar-refractivity contribution in [3.8, 4) is 11.8 Å². The summed E-state index contributed by atoms with van der Waals surface area (Å²) < 4.78 is 75.2. The first kappa shape index (κ1) is 26.7. The molecule has 0 aliphatic carbocycles. The maximum Gasteiger partial charge on any atom is 0.471 e. The van der Waals surface area contributed by atoms with Crippen molar-refractivity contribution in [1.29, 1.82) is 0 Å². The molecule has 1 aliphatic rings. The van der Waals surface area contributed by atoms with Gasteiger partial charge in [-0.25, -0.2) is 13.1 Å². The number of ether oxygens (including phenoxy) is 1. The van der Waals surface area contributed by atoms with Gasteiger partial charge in [0.2, 0.25) is 10.0 Å². The van der Waals surface area contributed by atoms with Crippen LogP contribution in [0.5, 0.6) is 11.8 Å². The van der Waals surface area contributed by atoms with Gasteiger partial charge in [-0.2, -0.15) is 13.2 Å². The van der Waals surface area contributed by atoms with Gasteiger partial charge in [-0.1, -0.05) is 11.2 Å². The van der Waals surface area contributed by atoms with Crippen LogP contribution in [-0.4, -0.2) is 51.7 Å². The number of nitrogens with zero attached hydrogens (tertiary/aromatic N) is 4. The Morgan fingerprint density at radius 2 is 1.95 bits per heavy atom. The molecule has 2 N–H and O–H groups in total. The van der Waals surface area contributed by atoms with Crippen LogP contribution < -0.4 is 9.46 Å². The van der Waals surface area contributed by atoms with Crippen molar-refractivity contribution in [2.24, 2.45) is 0 Å². The number of hydrogen-bond acceptors (Lipinski definition) is 6. The summed E-state index contributed by atoms with van der Waals surface area (Å²) in [6.45, 7) is 3.42. The molecule has 0 fully saturated rings. The fraction of sp³-hybridized carbons (Fsp3) is 0.320. The number of alkyl halides is 3. The SMILES string of the molecule is CCn1c(Oc2ccc3cc[nH]c3c2)nnc1[C@@H](C)NS(=O)(=O)c1ccc2c(c1)CN(C(=O)C(F)(F)F)CC2. The van der Waals surface area contributed by atoms with E-state index in [1.807, 2.05) is 31.3 Å². The molecule has 0 unspecified atom stereocenters. The van der Waals surface area contributed by atoms with E-state index in [0.717, 1.165) is 10.9 Å². The zero-order valence-corrected chi connectivity index (χ0v) is 21.8. The van der Waals surface area contributed by atoms with E-state index < -0.39 is 28.1 Å². The van der Waals surface area contributed by atoms with Gasteiger partial charge in [0, 0.05) is 37.4 Å². The molecule has 1 amide bonds. The number of halogens is 3. The Hall–Kier alpha value is -3.91. The molecular weight excluding hydrogens is 537 g/mol. The van der Waals surface area contributed by atoms with E-state index in [2.05, 4.69) is 19.9 Å². The molecule has 0 saturated carbocycles. The predicted octanol–water partition coefficient (Wildman–Crippen LogP) is 4.06. The van der Waals surface area contributed by atoms with Crippen LogP contribution in [-0.2, 0) is 34.3 Å². The summed E-state index contributed by atoms with van der Waals surface area (Å²) in [6.07, 6.45) is -2.99. The number of aromatic amines is 1. The fourth-order valence-corrected chi connectivity index (χ4v) is 5.85. The molecule has 4 aromatic rings. The van der Waals surface area contributed by atoms with Crippen molar-refractivity contribution in [3.63, 3.8) is 0 Å². The number of H-pyrrole nitrogens is 1. The average Bonchev–Trinajstić information content (AvgIpc) is 3.53. The van der Waals surface area contributed by atoms with E-state index in [-0.39, 0.29) is 30.4 Å². The average molecular weight is 563 g/mol. The molecule has 1 aliphatic heterocycles. The highest BCUT2D eigenvalue weighted by molar-refractivity contribution is 7.89. The minimum Gasteiger partial charge on any atom is -0.424 e. The number of rotatable bonds is 7. The van der Waals surface area contributed by atoms with Gasteiger partial charge < -0.3 is 14.6 Å². The first-order valence-electron chi connectivity index (χ1n) is 12.1. The van der Waals surface area contributed by atoms with Crippen LogP contribution in [0.2, 0.25) is 0 Å². The largest absolute Gasteiger partial charge is 0.471 e. The second-order valence-corrected chi connectivity index (χ2v) is 10.9. The molecule has 0 spiro atoms. The standard InChI is InChI=1S/C25H25F3N6O4S/c1-3-34-22(30-31-24(34)38-19-6-4-17-8-10-29-21(17)13-19)15(2)32-39(36,37)20-7-5-16-9-11-33(14-18(16)12-20)23(35)25(26,27)28/h4-8,10,12-13,15,29,32H,3,9,11,14H2,1-2H3/t15-/m1/s1. The van der Waals surface area contributed by atoms with Crippen molar-refractivity contribution >= 4 is 26.8 Å². The van der Waals surface area contributed by atoms with Gasteiger partial charge in [-0.05, 0) is 67.1 Å². The Bertz CT molecular complexity index is 1650. The summed E-state index contributed by atoms with van der Waals surface area (Å²) in [5.41, 5.74) is 1.92. The number of fused-ring (bicyclic) bond motifs is 2. The lowest BCUT2D eigenvalue weighted by molar-refractivity contribution is -0.186. The fourth-order valence-electron chi connectivity index (χ4n) is 4.60. The number of aromatic nitrogens is 4. The summed E-state index contributed by atoms with van der Waals surface area (Å²) in [7, 11) is -4.10. The van der Waals surface area contributed by atoms with Crippen molar-refractivity contribution < 1.29 is 31.1 Å². The van der Waals surface area contributed by atoms with Crippen molar-refractivity contribution in [3.05, 3.63) is 65.6 Å². The number of carbonyl (C=O) groups is 1. The number of benzene rings is 2. The quantitative estimate of drug-likeness (QED) is 0.350. The molecule has 0 saturated heterocycles. The number of nitrogens with one attached hydrogen (secondary N) is 2. The van der Waals surface area contributed by atoms with E-state index in [9.17, 15) is 26.4 Å². The summed E-state index contributed by atoms with van der Waals surface area (Å²) >= 11 is 0. The zero-order chi connectivity index (χ0) is 27.9. The molecule has 14 heteroatoms. The minimum absolute atomic E-state index is 0.0946. The van der Waals surface area contributed by atoms with Crippen molar-refractivity contribution in [2.45, 2.75) is 50.5 Å². The lowest BCUT2D eigenvalue weighted by Crippen LogP contribution is -2.43. The smallest absolute Gasteiger partial charge is 0.424 e. The first-order valence-corrected chi connectivity index (χ1v) is 13.6. The molecule has 2 aromatic carbocycles. The Morgan fingerprint density at radius 3 is 2.69 bits per heavy atom. The Morgan fingerprint density at radius 1 is 1.15 bits per heavy atom. The van der Waals surface area contributed by atoms with Crippen LogP contribution in [0.1, 0.15) is 36.8 Å². The lowest BCUT2D eigenvalue weighted by Gasteiger charge is -2.29. The monoisotopic (exact) mass is 562 g/mol. The maximum atomic E-state index is 13.2. The molecule has 3 heterocycles. The summed E-state index contributed by atoms with van der Waals surface area (Å²) in [6, 6.07) is 11.1. The molecule has 10 nitrogen and oxygen atoms in total. The van der Waals surface area contributed by atoms with Crippen LogP contribution in [0, 0.1) is 0 Å². The van der Waals surface area contributed by atoms with Gasteiger partial charge in [-0.15, -0.1) is 5.10 Å². The third-order valence-electron chi connectivity index (χ3n) is 6.55. The molecule has 1 atom stereocenters. The highest BCUT2D eigenvalue weighted by Gasteiger charge is 2.43. The molecule has 206 valence electrons.